The van der Waals surface area contributed by atoms with Crippen molar-refractivity contribution in [3.8, 4) is 28.7 Å². The molecule has 1 aliphatic heterocycles. The van der Waals surface area contributed by atoms with Gasteiger partial charge in [0.2, 0.25) is 11.5 Å². The third kappa shape index (κ3) is 4.09. The summed E-state index contributed by atoms with van der Waals surface area (Å²) in [4.78, 5) is 12.8. The first-order valence-electron chi connectivity index (χ1n) is 9.78. The monoisotopic (exact) mass is 436 g/mol. The van der Waals surface area contributed by atoms with Crippen molar-refractivity contribution >= 4 is 11.9 Å². The second kappa shape index (κ2) is 9.01. The number of Topliss-reactive ketones (excluding diaryl/α,β-unsaturated/α-hetero) is 1. The molecule has 1 aliphatic rings. The lowest BCUT2D eigenvalue weighted by Gasteiger charge is -2.14. The molecule has 164 valence electrons. The van der Waals surface area contributed by atoms with Gasteiger partial charge in [-0.25, -0.2) is 4.39 Å². The summed E-state index contributed by atoms with van der Waals surface area (Å²) in [5, 5.41) is 0. The topological polar surface area (TPSA) is 63.2 Å². The fourth-order valence-electron chi connectivity index (χ4n) is 3.38. The minimum absolute atomic E-state index is 0.154. The van der Waals surface area contributed by atoms with Crippen LogP contribution in [-0.4, -0.2) is 27.1 Å². The molecule has 0 unspecified atom stereocenters. The molecular formula is C25H21FO6. The molecule has 7 heteroatoms. The van der Waals surface area contributed by atoms with Gasteiger partial charge in [0.15, 0.2) is 17.3 Å². The minimum Gasteiger partial charge on any atom is -0.493 e. The van der Waals surface area contributed by atoms with Crippen molar-refractivity contribution < 1.29 is 32.9 Å². The van der Waals surface area contributed by atoms with Gasteiger partial charge in [-0.05, 0) is 48.0 Å². The van der Waals surface area contributed by atoms with E-state index in [-0.39, 0.29) is 24.0 Å². The summed E-state index contributed by atoms with van der Waals surface area (Å²) in [5.74, 6) is 1.89. The Morgan fingerprint density at radius 3 is 2.34 bits per heavy atom. The number of ether oxygens (including phenoxy) is 5. The fourth-order valence-corrected chi connectivity index (χ4v) is 3.38. The number of carbonyl (C=O) groups is 1. The molecule has 3 aromatic rings. The van der Waals surface area contributed by atoms with Crippen LogP contribution in [0, 0.1) is 5.82 Å². The Balaban J connectivity index is 1.57. The average molecular weight is 436 g/mol. The molecule has 0 amide bonds. The second-order valence-corrected chi connectivity index (χ2v) is 6.94. The molecule has 0 saturated heterocycles. The van der Waals surface area contributed by atoms with Crippen LogP contribution in [0.5, 0.6) is 28.7 Å². The molecule has 0 fully saturated rings. The lowest BCUT2D eigenvalue weighted by atomic mass is 10.1. The predicted molar refractivity (Wildman–Crippen MR) is 116 cm³/mol. The van der Waals surface area contributed by atoms with Gasteiger partial charge in [0.1, 0.15) is 23.9 Å². The fraction of sp³-hybridized carbons (Fsp3) is 0.160. The molecule has 0 aromatic heterocycles. The van der Waals surface area contributed by atoms with Crippen LogP contribution in [0.15, 0.2) is 60.4 Å². The molecule has 0 saturated carbocycles. The van der Waals surface area contributed by atoms with Gasteiger partial charge in [-0.15, -0.1) is 0 Å². The second-order valence-electron chi connectivity index (χ2n) is 6.94. The van der Waals surface area contributed by atoms with Crippen molar-refractivity contribution in [3.63, 3.8) is 0 Å². The summed E-state index contributed by atoms with van der Waals surface area (Å²) in [7, 11) is 4.55. The average Bonchev–Trinajstić information content (AvgIpc) is 3.12. The van der Waals surface area contributed by atoms with E-state index in [0.29, 0.717) is 39.9 Å². The zero-order valence-corrected chi connectivity index (χ0v) is 17.8. The van der Waals surface area contributed by atoms with Crippen molar-refractivity contribution in [2.75, 3.05) is 21.3 Å². The summed E-state index contributed by atoms with van der Waals surface area (Å²) in [6, 6.07) is 14.6. The Kier molecular flexibility index (Phi) is 5.98. The Hall–Kier alpha value is -4.00. The maximum Gasteiger partial charge on any atom is 0.231 e. The van der Waals surface area contributed by atoms with Crippen LogP contribution in [-0.2, 0) is 6.61 Å². The number of halogens is 1. The van der Waals surface area contributed by atoms with Crippen molar-refractivity contribution in [2.45, 2.75) is 6.61 Å². The lowest BCUT2D eigenvalue weighted by Crippen LogP contribution is -2.00. The third-order valence-electron chi connectivity index (χ3n) is 4.98. The smallest absolute Gasteiger partial charge is 0.231 e. The highest BCUT2D eigenvalue weighted by molar-refractivity contribution is 6.14. The molecular weight excluding hydrogens is 415 g/mol. The number of hydrogen-bond donors (Lipinski definition) is 0. The summed E-state index contributed by atoms with van der Waals surface area (Å²) in [6.45, 7) is 0.262. The van der Waals surface area contributed by atoms with Gasteiger partial charge in [0.05, 0.1) is 26.9 Å². The van der Waals surface area contributed by atoms with Gasteiger partial charge in [0, 0.05) is 11.6 Å². The molecule has 1 heterocycles. The van der Waals surface area contributed by atoms with Gasteiger partial charge in [-0.1, -0.05) is 12.1 Å². The first-order valence-corrected chi connectivity index (χ1v) is 9.78. The Morgan fingerprint density at radius 2 is 1.66 bits per heavy atom. The molecule has 0 N–H and O–H groups in total. The van der Waals surface area contributed by atoms with Crippen LogP contribution in [0.1, 0.15) is 21.5 Å². The number of fused-ring (bicyclic) bond motifs is 1. The number of hydrogen-bond acceptors (Lipinski definition) is 6. The molecule has 6 nitrogen and oxygen atoms in total. The predicted octanol–water partition coefficient (Wildman–Crippen LogP) is 5.05. The van der Waals surface area contributed by atoms with E-state index in [1.807, 2.05) is 0 Å². The molecule has 0 spiro atoms. The third-order valence-corrected chi connectivity index (χ3v) is 4.98. The van der Waals surface area contributed by atoms with Gasteiger partial charge in [-0.3, -0.25) is 4.79 Å². The lowest BCUT2D eigenvalue weighted by molar-refractivity contribution is 0.101. The summed E-state index contributed by atoms with van der Waals surface area (Å²) < 4.78 is 40.8. The Morgan fingerprint density at radius 1 is 0.906 bits per heavy atom. The van der Waals surface area contributed by atoms with E-state index in [4.69, 9.17) is 23.7 Å². The molecule has 4 rings (SSSR count). The summed E-state index contributed by atoms with van der Waals surface area (Å²) >= 11 is 0. The van der Waals surface area contributed by atoms with E-state index < -0.39 is 0 Å². The van der Waals surface area contributed by atoms with E-state index in [0.717, 1.165) is 5.56 Å². The summed E-state index contributed by atoms with van der Waals surface area (Å²) in [5.41, 5.74) is 1.86. The first kappa shape index (κ1) is 21.2. The van der Waals surface area contributed by atoms with Crippen molar-refractivity contribution in [2.24, 2.45) is 0 Å². The van der Waals surface area contributed by atoms with Gasteiger partial charge >= 0.3 is 0 Å². The SMILES string of the molecule is COc1ccc(/C=C2\Oc3cc(OCc4ccc(F)cc4)ccc3C2=O)c(OC)c1OC. The van der Waals surface area contributed by atoms with Crippen LogP contribution in [0.3, 0.4) is 0 Å². The highest BCUT2D eigenvalue weighted by Gasteiger charge is 2.28. The largest absolute Gasteiger partial charge is 0.493 e. The molecule has 3 aromatic carbocycles. The molecule has 0 bridgehead atoms. The Bertz CT molecular complexity index is 1180. The maximum atomic E-state index is 13.0. The van der Waals surface area contributed by atoms with Crippen LogP contribution in [0.2, 0.25) is 0 Å². The number of carbonyl (C=O) groups excluding carboxylic acids is 1. The molecule has 0 aliphatic carbocycles. The molecule has 0 radical (unpaired) electrons. The molecule has 0 atom stereocenters. The molecule has 32 heavy (non-hydrogen) atoms. The summed E-state index contributed by atoms with van der Waals surface area (Å²) in [6.07, 6.45) is 1.60. The van der Waals surface area contributed by atoms with E-state index in [1.54, 1.807) is 48.5 Å². The zero-order chi connectivity index (χ0) is 22.7. The number of benzene rings is 3. The van der Waals surface area contributed by atoms with Crippen LogP contribution in [0.4, 0.5) is 4.39 Å². The van der Waals surface area contributed by atoms with E-state index in [1.165, 1.54) is 33.5 Å². The normalized spacial score (nSPS) is 13.5. The van der Waals surface area contributed by atoms with Gasteiger partial charge < -0.3 is 23.7 Å². The Labute approximate surface area is 184 Å². The van der Waals surface area contributed by atoms with Gasteiger partial charge in [0.25, 0.3) is 0 Å². The van der Waals surface area contributed by atoms with Crippen molar-refractivity contribution in [1.29, 1.82) is 0 Å². The first-order chi connectivity index (χ1) is 15.5. The van der Waals surface area contributed by atoms with Crippen LogP contribution >= 0.6 is 0 Å². The van der Waals surface area contributed by atoms with Crippen LogP contribution in [0.25, 0.3) is 6.08 Å². The number of rotatable bonds is 7. The van der Waals surface area contributed by atoms with Gasteiger partial charge in [-0.2, -0.15) is 0 Å². The van der Waals surface area contributed by atoms with E-state index >= 15 is 0 Å². The highest BCUT2D eigenvalue weighted by atomic mass is 19.1. The van der Waals surface area contributed by atoms with E-state index in [9.17, 15) is 9.18 Å². The van der Waals surface area contributed by atoms with Crippen molar-refractivity contribution in [3.05, 3.63) is 82.9 Å². The van der Waals surface area contributed by atoms with Crippen molar-refractivity contribution in [1.82, 2.24) is 0 Å². The maximum absolute atomic E-state index is 13.0. The minimum atomic E-state index is -0.302. The zero-order valence-electron chi connectivity index (χ0n) is 17.8. The number of ketones is 1. The number of methoxy groups -OCH3 is 3. The van der Waals surface area contributed by atoms with Crippen LogP contribution < -0.4 is 23.7 Å². The quantitative estimate of drug-likeness (QED) is 0.483. The standard InChI is InChI=1S/C25H21FO6/c1-28-20-11-6-16(24(29-2)25(20)30-3)12-22-23(27)19-10-9-18(13-21(19)32-22)31-14-15-4-7-17(26)8-5-15/h4-13H,14H2,1-3H3/b22-12-. The van der Waals surface area contributed by atoms with E-state index in [2.05, 4.69) is 0 Å². The highest BCUT2D eigenvalue weighted by Crippen LogP contribution is 2.42. The number of allylic oxidation sites excluding steroid dienone is 1.